The number of esters is 1. The van der Waals surface area contributed by atoms with Crippen molar-refractivity contribution in [3.05, 3.63) is 29.3 Å². The van der Waals surface area contributed by atoms with E-state index in [0.717, 1.165) is 12.1 Å². The third-order valence-corrected chi connectivity index (χ3v) is 1.73. The van der Waals surface area contributed by atoms with Crippen LogP contribution in [0.3, 0.4) is 0 Å². The first-order valence-corrected chi connectivity index (χ1v) is 4.69. The molecule has 1 aromatic rings. The molecule has 0 unspecified atom stereocenters. The van der Waals surface area contributed by atoms with Gasteiger partial charge in [-0.15, -0.1) is 0 Å². The number of carbonyl (C=O) groups is 1. The summed E-state index contributed by atoms with van der Waals surface area (Å²) in [5, 5.41) is 0. The second-order valence-electron chi connectivity index (χ2n) is 4.33. The molecule has 0 saturated heterocycles. The lowest BCUT2D eigenvalue weighted by atomic mass is 10.1. The van der Waals surface area contributed by atoms with Crippen molar-refractivity contribution in [1.29, 1.82) is 0 Å². The molecule has 1 aromatic carbocycles. The van der Waals surface area contributed by atoms with Crippen LogP contribution < -0.4 is 5.73 Å². The van der Waals surface area contributed by atoms with Crippen LogP contribution in [-0.2, 0) is 4.74 Å². The molecule has 0 aliphatic heterocycles. The Hall–Kier alpha value is -1.65. The third kappa shape index (κ3) is 2.68. The fourth-order valence-electron chi connectivity index (χ4n) is 1.06. The number of hydrogen-bond donors (Lipinski definition) is 1. The van der Waals surface area contributed by atoms with Crippen molar-refractivity contribution < 1.29 is 18.3 Å². The van der Waals surface area contributed by atoms with Crippen LogP contribution in [0.25, 0.3) is 0 Å². The fourth-order valence-corrected chi connectivity index (χ4v) is 1.06. The molecule has 5 heteroatoms. The highest BCUT2D eigenvalue weighted by molar-refractivity contribution is 5.90. The molecule has 0 fully saturated rings. The number of ether oxygens (including phenoxy) is 1. The molecule has 0 radical (unpaired) electrons. The lowest BCUT2D eigenvalue weighted by Crippen LogP contribution is -2.24. The lowest BCUT2D eigenvalue weighted by molar-refractivity contribution is 0.00638. The average Bonchev–Trinajstić information content (AvgIpc) is 2.11. The number of anilines is 1. The summed E-state index contributed by atoms with van der Waals surface area (Å²) in [7, 11) is 0. The molecule has 2 N–H and O–H groups in total. The highest BCUT2D eigenvalue weighted by atomic mass is 19.2. The maximum absolute atomic E-state index is 13.3. The Balaban J connectivity index is 3.06. The predicted molar refractivity (Wildman–Crippen MR) is 55.9 cm³/mol. The molecule has 0 aliphatic carbocycles. The van der Waals surface area contributed by atoms with E-state index in [9.17, 15) is 13.6 Å². The van der Waals surface area contributed by atoms with Crippen molar-refractivity contribution in [3.8, 4) is 0 Å². The number of benzene rings is 1. The van der Waals surface area contributed by atoms with Crippen LogP contribution >= 0.6 is 0 Å². The van der Waals surface area contributed by atoms with E-state index in [-0.39, 0.29) is 5.69 Å². The van der Waals surface area contributed by atoms with Gasteiger partial charge in [-0.05, 0) is 32.9 Å². The van der Waals surface area contributed by atoms with Gasteiger partial charge in [0.15, 0.2) is 11.6 Å². The Kier molecular flexibility index (Phi) is 3.16. The molecule has 88 valence electrons. The molecular weight excluding hydrogens is 216 g/mol. The molecule has 0 spiro atoms. The SMILES string of the molecule is CC(C)(C)OC(=O)c1ccc(N)c(F)c1F. The summed E-state index contributed by atoms with van der Waals surface area (Å²) < 4.78 is 31.3. The Morgan fingerprint density at radius 3 is 2.31 bits per heavy atom. The van der Waals surface area contributed by atoms with Gasteiger partial charge in [-0.1, -0.05) is 0 Å². The van der Waals surface area contributed by atoms with Gasteiger partial charge in [0.05, 0.1) is 11.3 Å². The van der Waals surface area contributed by atoms with Gasteiger partial charge in [-0.3, -0.25) is 0 Å². The average molecular weight is 229 g/mol. The lowest BCUT2D eigenvalue weighted by Gasteiger charge is -2.19. The normalized spacial score (nSPS) is 11.3. The zero-order chi connectivity index (χ0) is 12.5. The number of nitrogen functional groups attached to an aromatic ring is 1. The van der Waals surface area contributed by atoms with E-state index in [1.54, 1.807) is 20.8 Å². The minimum atomic E-state index is -1.28. The van der Waals surface area contributed by atoms with Gasteiger partial charge >= 0.3 is 5.97 Å². The summed E-state index contributed by atoms with van der Waals surface area (Å²) in [5.41, 5.74) is 3.59. The molecule has 0 aliphatic rings. The zero-order valence-electron chi connectivity index (χ0n) is 9.30. The van der Waals surface area contributed by atoms with E-state index in [2.05, 4.69) is 0 Å². The number of carbonyl (C=O) groups excluding carboxylic acids is 1. The summed E-state index contributed by atoms with van der Waals surface area (Å²) in [6, 6.07) is 2.22. The van der Waals surface area contributed by atoms with Crippen LogP contribution in [-0.4, -0.2) is 11.6 Å². The van der Waals surface area contributed by atoms with Gasteiger partial charge < -0.3 is 10.5 Å². The quantitative estimate of drug-likeness (QED) is 0.594. The van der Waals surface area contributed by atoms with E-state index in [1.165, 1.54) is 0 Å². The van der Waals surface area contributed by atoms with E-state index in [1.807, 2.05) is 0 Å². The van der Waals surface area contributed by atoms with Gasteiger partial charge in [0.25, 0.3) is 0 Å². The van der Waals surface area contributed by atoms with E-state index >= 15 is 0 Å². The summed E-state index contributed by atoms with van der Waals surface area (Å²) in [6.45, 7) is 4.91. The second-order valence-corrected chi connectivity index (χ2v) is 4.33. The van der Waals surface area contributed by atoms with Gasteiger partial charge in [-0.25, -0.2) is 13.6 Å². The van der Waals surface area contributed by atoms with Crippen molar-refractivity contribution in [3.63, 3.8) is 0 Å². The topological polar surface area (TPSA) is 52.3 Å². The van der Waals surface area contributed by atoms with Gasteiger partial charge in [0.1, 0.15) is 5.60 Å². The molecule has 16 heavy (non-hydrogen) atoms. The van der Waals surface area contributed by atoms with Crippen LogP contribution in [0.15, 0.2) is 12.1 Å². The van der Waals surface area contributed by atoms with E-state index < -0.39 is 28.8 Å². The minimum absolute atomic E-state index is 0.343. The molecule has 0 heterocycles. The first kappa shape index (κ1) is 12.4. The number of rotatable bonds is 1. The highest BCUT2D eigenvalue weighted by Gasteiger charge is 2.23. The van der Waals surface area contributed by atoms with Crippen molar-refractivity contribution in [2.45, 2.75) is 26.4 Å². The van der Waals surface area contributed by atoms with E-state index in [4.69, 9.17) is 10.5 Å². The first-order valence-electron chi connectivity index (χ1n) is 4.69. The van der Waals surface area contributed by atoms with Crippen LogP contribution in [0, 0.1) is 11.6 Å². The zero-order valence-corrected chi connectivity index (χ0v) is 9.30. The molecule has 0 aromatic heterocycles. The summed E-state index contributed by atoms with van der Waals surface area (Å²) in [6.07, 6.45) is 0. The smallest absolute Gasteiger partial charge is 0.341 e. The van der Waals surface area contributed by atoms with Crippen LogP contribution in [0.2, 0.25) is 0 Å². The van der Waals surface area contributed by atoms with Crippen molar-refractivity contribution >= 4 is 11.7 Å². The van der Waals surface area contributed by atoms with Gasteiger partial charge in [0.2, 0.25) is 0 Å². The van der Waals surface area contributed by atoms with Crippen molar-refractivity contribution in [2.24, 2.45) is 0 Å². The maximum atomic E-state index is 13.3. The minimum Gasteiger partial charge on any atom is -0.456 e. The summed E-state index contributed by atoms with van der Waals surface area (Å²) in [5.74, 6) is -3.43. The molecular formula is C11H13F2NO2. The highest BCUT2D eigenvalue weighted by Crippen LogP contribution is 2.20. The Bertz CT molecular complexity index is 425. The van der Waals surface area contributed by atoms with Crippen molar-refractivity contribution in [1.82, 2.24) is 0 Å². The molecule has 0 atom stereocenters. The monoisotopic (exact) mass is 229 g/mol. The Morgan fingerprint density at radius 2 is 1.81 bits per heavy atom. The van der Waals surface area contributed by atoms with Crippen LogP contribution in [0.1, 0.15) is 31.1 Å². The van der Waals surface area contributed by atoms with E-state index in [0.29, 0.717) is 0 Å². The standard InChI is InChI=1S/C11H13F2NO2/c1-11(2,3)16-10(15)6-4-5-7(14)9(13)8(6)12/h4-5H,14H2,1-3H3. The predicted octanol–water partition coefficient (Wildman–Crippen LogP) is 2.50. The summed E-state index contributed by atoms with van der Waals surface area (Å²) in [4.78, 5) is 11.5. The molecule has 0 amide bonds. The number of halogens is 2. The maximum Gasteiger partial charge on any atom is 0.341 e. The third-order valence-electron chi connectivity index (χ3n) is 1.73. The fraction of sp³-hybridized carbons (Fsp3) is 0.364. The van der Waals surface area contributed by atoms with Crippen LogP contribution in [0.4, 0.5) is 14.5 Å². The number of hydrogen-bond acceptors (Lipinski definition) is 3. The second kappa shape index (κ2) is 4.08. The van der Waals surface area contributed by atoms with Crippen LogP contribution in [0.5, 0.6) is 0 Å². The largest absolute Gasteiger partial charge is 0.456 e. The molecule has 0 saturated carbocycles. The Morgan fingerprint density at radius 1 is 1.25 bits per heavy atom. The van der Waals surface area contributed by atoms with Crippen molar-refractivity contribution in [2.75, 3.05) is 5.73 Å². The van der Waals surface area contributed by atoms with Gasteiger partial charge in [0, 0.05) is 0 Å². The first-order chi connectivity index (χ1) is 7.22. The van der Waals surface area contributed by atoms with Gasteiger partial charge in [-0.2, -0.15) is 0 Å². The molecule has 0 bridgehead atoms. The molecule has 1 rings (SSSR count). The summed E-state index contributed by atoms with van der Waals surface area (Å²) >= 11 is 0. The molecule has 3 nitrogen and oxygen atoms in total. The Labute approximate surface area is 92.2 Å². The number of nitrogens with two attached hydrogens (primary N) is 1.